The average molecular weight is 365 g/mol. The number of H-pyrrole nitrogens is 1. The third kappa shape index (κ3) is 3.46. The van der Waals surface area contributed by atoms with E-state index in [-0.39, 0.29) is 12.0 Å². The molecule has 0 aromatic carbocycles. The highest BCUT2D eigenvalue weighted by Gasteiger charge is 2.34. The minimum absolute atomic E-state index is 0.123. The van der Waals surface area contributed by atoms with Crippen molar-refractivity contribution in [2.45, 2.75) is 37.9 Å². The summed E-state index contributed by atoms with van der Waals surface area (Å²) in [5.74, 6) is 2.43. The molecule has 2 aliphatic rings. The second-order valence-electron chi connectivity index (χ2n) is 6.91. The van der Waals surface area contributed by atoms with Gasteiger partial charge in [-0.2, -0.15) is 13.2 Å². The van der Waals surface area contributed by atoms with Crippen LogP contribution < -0.4 is 9.97 Å². The SMILES string of the molecule is OB1C=C([C@H]2CC[C@H](NCC(F)(F)F)CC2)c2c(cnc3[nH]ccc23)O1. The highest BCUT2D eigenvalue weighted by Crippen LogP contribution is 2.43. The van der Waals surface area contributed by atoms with Gasteiger partial charge >= 0.3 is 13.3 Å². The van der Waals surface area contributed by atoms with Crippen LogP contribution in [0.1, 0.15) is 31.2 Å². The van der Waals surface area contributed by atoms with Crippen molar-refractivity contribution in [2.24, 2.45) is 5.92 Å². The number of allylic oxidation sites excluding steroid dienone is 1. The number of hydrogen-bond donors (Lipinski definition) is 3. The van der Waals surface area contributed by atoms with Gasteiger partial charge in [0.2, 0.25) is 0 Å². The minimum Gasteiger partial charge on any atom is -0.531 e. The smallest absolute Gasteiger partial charge is 0.531 e. The Balaban J connectivity index is 1.53. The zero-order valence-corrected chi connectivity index (χ0v) is 14.0. The quantitative estimate of drug-likeness (QED) is 0.732. The molecule has 0 saturated heterocycles. The van der Waals surface area contributed by atoms with Crippen LogP contribution in [-0.4, -0.2) is 40.9 Å². The molecule has 1 saturated carbocycles. The van der Waals surface area contributed by atoms with Gasteiger partial charge in [0.1, 0.15) is 11.4 Å². The van der Waals surface area contributed by atoms with Crippen LogP contribution in [0.25, 0.3) is 16.6 Å². The molecule has 0 spiro atoms. The molecule has 0 amide bonds. The molecular formula is C17H19BF3N3O2. The predicted molar refractivity (Wildman–Crippen MR) is 92.5 cm³/mol. The van der Waals surface area contributed by atoms with Crippen molar-refractivity contribution in [1.82, 2.24) is 15.3 Å². The second-order valence-corrected chi connectivity index (χ2v) is 6.91. The normalized spacial score (nSPS) is 23.5. The van der Waals surface area contributed by atoms with Crippen LogP contribution in [0.3, 0.4) is 0 Å². The van der Waals surface area contributed by atoms with Crippen molar-refractivity contribution < 1.29 is 22.8 Å². The molecule has 1 aliphatic heterocycles. The summed E-state index contributed by atoms with van der Waals surface area (Å²) in [5, 5.41) is 13.6. The topological polar surface area (TPSA) is 70.2 Å². The van der Waals surface area contributed by atoms with Gasteiger partial charge in [-0.05, 0) is 49.2 Å². The Morgan fingerprint density at radius 2 is 2.08 bits per heavy atom. The molecule has 9 heteroatoms. The van der Waals surface area contributed by atoms with Crippen molar-refractivity contribution in [3.8, 4) is 5.75 Å². The summed E-state index contributed by atoms with van der Waals surface area (Å²) < 4.78 is 42.6. The van der Waals surface area contributed by atoms with E-state index in [0.29, 0.717) is 18.6 Å². The maximum atomic E-state index is 12.4. The fourth-order valence-electron chi connectivity index (χ4n) is 3.99. The predicted octanol–water partition coefficient (Wildman–Crippen LogP) is 3.07. The zero-order chi connectivity index (χ0) is 18.3. The number of hydrogen-bond acceptors (Lipinski definition) is 4. The van der Waals surface area contributed by atoms with E-state index in [0.717, 1.165) is 35.0 Å². The molecule has 3 N–H and O–H groups in total. The largest absolute Gasteiger partial charge is 0.552 e. The Kier molecular flexibility index (Phi) is 4.44. The third-order valence-electron chi connectivity index (χ3n) is 5.17. The number of rotatable bonds is 3. The lowest BCUT2D eigenvalue weighted by Gasteiger charge is -2.33. The molecule has 1 aliphatic carbocycles. The van der Waals surface area contributed by atoms with E-state index in [1.807, 2.05) is 6.07 Å². The van der Waals surface area contributed by atoms with Gasteiger partial charge in [0.25, 0.3) is 0 Å². The summed E-state index contributed by atoms with van der Waals surface area (Å²) in [6.45, 7) is -0.948. The van der Waals surface area contributed by atoms with Crippen molar-refractivity contribution in [2.75, 3.05) is 6.54 Å². The summed E-state index contributed by atoms with van der Waals surface area (Å²) in [6, 6.07) is 1.80. The van der Waals surface area contributed by atoms with Gasteiger partial charge in [0, 0.05) is 23.2 Å². The molecule has 4 rings (SSSR count). The Morgan fingerprint density at radius 1 is 1.31 bits per heavy atom. The van der Waals surface area contributed by atoms with Crippen molar-refractivity contribution in [3.63, 3.8) is 0 Å². The summed E-state index contributed by atoms with van der Waals surface area (Å²) >= 11 is 0. The summed E-state index contributed by atoms with van der Waals surface area (Å²) in [5.41, 5.74) is 2.67. The van der Waals surface area contributed by atoms with Gasteiger partial charge in [0.15, 0.2) is 0 Å². The second kappa shape index (κ2) is 6.63. The van der Waals surface area contributed by atoms with Crippen molar-refractivity contribution in [1.29, 1.82) is 0 Å². The van der Waals surface area contributed by atoms with Crippen LogP contribution in [0, 0.1) is 5.92 Å². The van der Waals surface area contributed by atoms with Crippen LogP contribution in [0.5, 0.6) is 5.75 Å². The Hall–Kier alpha value is -2.00. The lowest BCUT2D eigenvalue weighted by atomic mass is 9.72. The number of pyridine rings is 1. The molecule has 26 heavy (non-hydrogen) atoms. The van der Waals surface area contributed by atoms with E-state index in [2.05, 4.69) is 15.3 Å². The van der Waals surface area contributed by atoms with Gasteiger partial charge in [-0.3, -0.25) is 0 Å². The van der Waals surface area contributed by atoms with Gasteiger partial charge in [-0.1, -0.05) is 0 Å². The number of halogens is 3. The Bertz CT molecular complexity index is 828. The maximum absolute atomic E-state index is 12.4. The van der Waals surface area contributed by atoms with Gasteiger partial charge in [0.05, 0.1) is 12.7 Å². The van der Waals surface area contributed by atoms with Crippen LogP contribution in [0.15, 0.2) is 24.4 Å². The first-order chi connectivity index (χ1) is 12.4. The highest BCUT2D eigenvalue weighted by molar-refractivity contribution is 6.52. The van der Waals surface area contributed by atoms with Gasteiger partial charge < -0.3 is 20.0 Å². The molecular weight excluding hydrogens is 346 g/mol. The standard InChI is InChI=1S/C17H19BF3N3O2/c19-17(20,21)9-24-11-3-1-10(2-4-11)13-7-18(25)26-14-8-23-16-12(15(13)14)5-6-22-16/h5-8,10-11,24-25H,1-4,9H2,(H,22,23)/t10-,11-. The maximum Gasteiger partial charge on any atom is 0.552 e. The van der Waals surface area contributed by atoms with Crippen LogP contribution in [-0.2, 0) is 0 Å². The van der Waals surface area contributed by atoms with Crippen LogP contribution in [0.4, 0.5) is 13.2 Å². The Labute approximate surface area is 148 Å². The number of aromatic amines is 1. The van der Waals surface area contributed by atoms with Crippen molar-refractivity contribution >= 4 is 23.7 Å². The van der Waals surface area contributed by atoms with E-state index in [1.54, 1.807) is 18.4 Å². The monoisotopic (exact) mass is 365 g/mol. The molecule has 3 heterocycles. The number of alkyl halides is 3. The summed E-state index contributed by atoms with van der Waals surface area (Å²) in [6.07, 6.45) is 2.09. The molecule has 2 aromatic rings. The van der Waals surface area contributed by atoms with Crippen LogP contribution >= 0.6 is 0 Å². The molecule has 0 atom stereocenters. The van der Waals surface area contributed by atoms with E-state index in [9.17, 15) is 18.2 Å². The fraction of sp³-hybridized carbons (Fsp3) is 0.471. The molecule has 1 fully saturated rings. The van der Waals surface area contributed by atoms with E-state index in [1.165, 1.54) is 0 Å². The number of nitrogens with one attached hydrogen (secondary N) is 2. The van der Waals surface area contributed by atoms with Gasteiger partial charge in [-0.25, -0.2) is 4.98 Å². The van der Waals surface area contributed by atoms with Crippen molar-refractivity contribution in [3.05, 3.63) is 30.0 Å². The van der Waals surface area contributed by atoms with Crippen LogP contribution in [0.2, 0.25) is 0 Å². The first-order valence-corrected chi connectivity index (χ1v) is 8.74. The number of fused-ring (bicyclic) bond motifs is 3. The lowest BCUT2D eigenvalue weighted by molar-refractivity contribution is -0.126. The first kappa shape index (κ1) is 17.4. The third-order valence-corrected chi connectivity index (χ3v) is 5.17. The summed E-state index contributed by atoms with van der Waals surface area (Å²) in [7, 11) is -1.03. The molecule has 0 radical (unpaired) electrons. The summed E-state index contributed by atoms with van der Waals surface area (Å²) in [4.78, 5) is 7.36. The average Bonchev–Trinajstić information content (AvgIpc) is 3.07. The molecule has 0 unspecified atom stereocenters. The van der Waals surface area contributed by atoms with E-state index < -0.39 is 19.8 Å². The highest BCUT2D eigenvalue weighted by atomic mass is 19.4. The Morgan fingerprint density at radius 3 is 2.81 bits per heavy atom. The lowest BCUT2D eigenvalue weighted by Crippen LogP contribution is -2.39. The number of aromatic nitrogens is 2. The fourth-order valence-corrected chi connectivity index (χ4v) is 3.99. The minimum atomic E-state index is -4.18. The van der Waals surface area contributed by atoms with E-state index >= 15 is 0 Å². The molecule has 5 nitrogen and oxygen atoms in total. The molecule has 0 bridgehead atoms. The first-order valence-electron chi connectivity index (χ1n) is 8.74. The molecule has 138 valence electrons. The molecule has 2 aromatic heterocycles. The number of nitrogens with zero attached hydrogens (tertiary/aromatic N) is 1. The zero-order valence-electron chi connectivity index (χ0n) is 14.0. The van der Waals surface area contributed by atoms with E-state index in [4.69, 9.17) is 4.65 Å². The van der Waals surface area contributed by atoms with Gasteiger partial charge in [-0.15, -0.1) is 0 Å².